The lowest BCUT2D eigenvalue weighted by Gasteiger charge is -2.32. The summed E-state index contributed by atoms with van der Waals surface area (Å²) in [6.45, 7) is 15.5. The molecule has 3 aliphatic rings. The maximum absolute atomic E-state index is 13.7. The van der Waals surface area contributed by atoms with Gasteiger partial charge in [-0.3, -0.25) is 33.4 Å². The fourth-order valence-electron chi connectivity index (χ4n) is 6.55. The molecule has 0 aliphatic carbocycles. The Morgan fingerprint density at radius 2 is 1.09 bits per heavy atom. The largest absolute Gasteiger partial charge is 0.338 e. The monoisotopic (exact) mass is 754 g/mol. The maximum atomic E-state index is 13.7. The molecule has 2 N–H and O–H groups in total. The zero-order valence-electron chi connectivity index (χ0n) is 31.2. The molecule has 0 saturated carbocycles. The molecule has 3 aromatic rings. The topological polar surface area (TPSA) is 140 Å². The van der Waals surface area contributed by atoms with Gasteiger partial charge in [0.05, 0.1) is 65.9 Å². The second-order valence-corrected chi connectivity index (χ2v) is 15.9. The Bertz CT molecular complexity index is 1890. The summed E-state index contributed by atoms with van der Waals surface area (Å²) in [7, 11) is 0. The molecule has 15 heteroatoms. The summed E-state index contributed by atoms with van der Waals surface area (Å²) in [6, 6.07) is 6.55. The Balaban J connectivity index is 0.000000250. The summed E-state index contributed by atoms with van der Waals surface area (Å²) in [6.07, 6.45) is 5.61. The number of rotatable bonds is 9. The molecule has 0 radical (unpaired) electrons. The lowest BCUT2D eigenvalue weighted by atomic mass is 9.94. The molecule has 53 heavy (non-hydrogen) atoms. The maximum Gasteiger partial charge on any atom is 0.261 e. The molecule has 4 amide bonds. The van der Waals surface area contributed by atoms with Crippen molar-refractivity contribution >= 4 is 36.0 Å². The molecule has 1 aromatic carbocycles. The van der Waals surface area contributed by atoms with Crippen LogP contribution in [0.2, 0.25) is 0 Å². The first-order valence-corrected chi connectivity index (χ1v) is 17.4. The second kappa shape index (κ2) is 16.5. The summed E-state index contributed by atoms with van der Waals surface area (Å²) in [5, 5.41) is 8.82. The molecular formula is C38H49ClF2N8O4. The lowest BCUT2D eigenvalue weighted by Crippen LogP contribution is -2.42. The number of nitrogens with two attached hydrogens (primary N) is 1. The molecule has 286 valence electrons. The second-order valence-electron chi connectivity index (χ2n) is 15.9. The van der Waals surface area contributed by atoms with Gasteiger partial charge in [0, 0.05) is 58.0 Å². The Labute approximate surface area is 315 Å². The fourth-order valence-corrected chi connectivity index (χ4v) is 6.55. The van der Waals surface area contributed by atoms with Gasteiger partial charge in [0.2, 0.25) is 0 Å². The zero-order chi connectivity index (χ0) is 38.0. The van der Waals surface area contributed by atoms with E-state index in [1.165, 1.54) is 4.68 Å². The van der Waals surface area contributed by atoms with Crippen LogP contribution in [-0.4, -0.2) is 97.2 Å². The van der Waals surface area contributed by atoms with E-state index in [1.807, 2.05) is 9.80 Å². The van der Waals surface area contributed by atoms with Crippen LogP contribution in [0.1, 0.15) is 94.4 Å². The Morgan fingerprint density at radius 3 is 1.47 bits per heavy atom. The molecule has 6 rings (SSSR count). The number of fused-ring (bicyclic) bond motifs is 3. The van der Waals surface area contributed by atoms with Crippen molar-refractivity contribution in [2.75, 3.05) is 39.3 Å². The predicted octanol–water partition coefficient (Wildman–Crippen LogP) is 5.24. The minimum absolute atomic E-state index is 0. The number of aromatic nitrogens is 4. The molecule has 0 atom stereocenters. The third-order valence-corrected chi connectivity index (χ3v) is 8.82. The van der Waals surface area contributed by atoms with Crippen molar-refractivity contribution in [2.45, 2.75) is 67.5 Å². The van der Waals surface area contributed by atoms with Gasteiger partial charge in [-0.05, 0) is 34.1 Å². The molecule has 12 nitrogen and oxygen atoms in total. The molecule has 0 unspecified atom stereocenters. The van der Waals surface area contributed by atoms with E-state index in [9.17, 15) is 28.0 Å². The number of amides is 4. The first-order chi connectivity index (χ1) is 24.5. The van der Waals surface area contributed by atoms with Gasteiger partial charge in [0.1, 0.15) is 0 Å². The predicted molar refractivity (Wildman–Crippen MR) is 199 cm³/mol. The number of benzene rings is 1. The summed E-state index contributed by atoms with van der Waals surface area (Å²) >= 11 is 0. The number of halogens is 3. The van der Waals surface area contributed by atoms with Crippen LogP contribution in [0.25, 0.3) is 0 Å². The minimum atomic E-state index is -0.437. The molecule has 5 heterocycles. The van der Waals surface area contributed by atoms with Crippen molar-refractivity contribution in [1.29, 1.82) is 0 Å². The number of imide groups is 1. The van der Waals surface area contributed by atoms with E-state index in [-0.39, 0.29) is 66.8 Å². The fraction of sp³-hybridized carbons (Fsp3) is 0.474. The molecule has 0 saturated heterocycles. The van der Waals surface area contributed by atoms with Gasteiger partial charge >= 0.3 is 0 Å². The first kappa shape index (κ1) is 41.1. The SMILES string of the molecule is CC(C)(C)CN1CCc2nn(C/C(=C/F)CN)cc2C1=O.CC(C)(C)CN1CCc2nn(C/C(=C/F)CN3C(=O)c4ccccc4C3=O)cc2C1=O.Cl. The van der Waals surface area contributed by atoms with E-state index in [1.54, 1.807) is 41.3 Å². The van der Waals surface area contributed by atoms with Crippen molar-refractivity contribution in [3.05, 3.63) is 94.1 Å². The third-order valence-electron chi connectivity index (χ3n) is 8.82. The van der Waals surface area contributed by atoms with Gasteiger partial charge in [-0.15, -0.1) is 12.4 Å². The number of nitrogens with zero attached hydrogens (tertiary/aromatic N) is 7. The minimum Gasteiger partial charge on any atom is -0.338 e. The van der Waals surface area contributed by atoms with Crippen molar-refractivity contribution in [3.8, 4) is 0 Å². The summed E-state index contributed by atoms with van der Waals surface area (Å²) < 4.78 is 29.4. The highest BCUT2D eigenvalue weighted by molar-refractivity contribution is 6.21. The normalized spacial score (nSPS) is 16.3. The zero-order valence-corrected chi connectivity index (χ0v) is 32.0. The van der Waals surface area contributed by atoms with Gasteiger partial charge in [0.25, 0.3) is 23.6 Å². The van der Waals surface area contributed by atoms with Gasteiger partial charge in [-0.1, -0.05) is 53.7 Å². The van der Waals surface area contributed by atoms with E-state index in [0.29, 0.717) is 72.2 Å². The smallest absolute Gasteiger partial charge is 0.261 e. The van der Waals surface area contributed by atoms with Crippen LogP contribution < -0.4 is 5.73 Å². The number of hydrogen-bond acceptors (Lipinski definition) is 7. The molecule has 2 aromatic heterocycles. The van der Waals surface area contributed by atoms with Crippen molar-refractivity contribution in [1.82, 2.24) is 34.3 Å². The van der Waals surface area contributed by atoms with Crippen LogP contribution in [0.5, 0.6) is 0 Å². The van der Waals surface area contributed by atoms with Crippen molar-refractivity contribution in [2.24, 2.45) is 16.6 Å². The van der Waals surface area contributed by atoms with E-state index < -0.39 is 11.8 Å². The van der Waals surface area contributed by atoms with Crippen molar-refractivity contribution < 1.29 is 28.0 Å². The van der Waals surface area contributed by atoms with Crippen LogP contribution in [0.3, 0.4) is 0 Å². The van der Waals surface area contributed by atoms with Crippen LogP contribution in [0.4, 0.5) is 8.78 Å². The Kier molecular flexibility index (Phi) is 12.8. The van der Waals surface area contributed by atoms with Crippen LogP contribution in [-0.2, 0) is 25.9 Å². The summed E-state index contributed by atoms with van der Waals surface area (Å²) in [4.78, 5) is 55.1. The first-order valence-electron chi connectivity index (χ1n) is 17.4. The quantitative estimate of drug-likeness (QED) is 0.295. The molecule has 3 aliphatic heterocycles. The van der Waals surface area contributed by atoms with E-state index >= 15 is 0 Å². The highest BCUT2D eigenvalue weighted by Gasteiger charge is 2.36. The van der Waals surface area contributed by atoms with Gasteiger partial charge in [0.15, 0.2) is 0 Å². The van der Waals surface area contributed by atoms with E-state index in [0.717, 1.165) is 23.6 Å². The highest BCUT2D eigenvalue weighted by Crippen LogP contribution is 2.26. The number of hydrogen-bond donors (Lipinski definition) is 1. The molecule has 0 spiro atoms. The van der Waals surface area contributed by atoms with Gasteiger partial charge < -0.3 is 15.5 Å². The average Bonchev–Trinajstić information content (AvgIpc) is 3.77. The molecular weight excluding hydrogens is 706 g/mol. The third kappa shape index (κ3) is 9.65. The van der Waals surface area contributed by atoms with Crippen LogP contribution in [0, 0.1) is 10.8 Å². The summed E-state index contributed by atoms with van der Waals surface area (Å²) in [5.41, 5.74) is 9.44. The molecule has 0 bridgehead atoms. The highest BCUT2D eigenvalue weighted by atomic mass is 35.5. The van der Waals surface area contributed by atoms with Gasteiger partial charge in [-0.2, -0.15) is 10.2 Å². The van der Waals surface area contributed by atoms with E-state index in [2.05, 4.69) is 51.7 Å². The average molecular weight is 755 g/mol. The van der Waals surface area contributed by atoms with Crippen LogP contribution >= 0.6 is 12.4 Å². The standard InChI is InChI=1S/C23H25FN4O3.C15H23FN4O.ClH/c1-23(2,3)14-26-9-8-19-18(20(26)29)13-27(25-19)11-15(10-24)12-28-21(30)16-6-4-5-7-17(16)22(28)31;1-15(2,3)10-19-5-4-13-12(14(19)21)9-20(18-13)8-11(6-16)7-17;/h4-7,10,13H,8-9,11-12,14H2,1-3H3;6,9H,4-5,7-8,10,17H2,1-3H3;1H/b15-10-;11-6+;. The lowest BCUT2D eigenvalue weighted by molar-refractivity contribution is 0.0659. The summed E-state index contributed by atoms with van der Waals surface area (Å²) in [5.74, 6) is -0.940. The van der Waals surface area contributed by atoms with Crippen LogP contribution in [0.15, 0.2) is 60.5 Å². The Hall–Kier alpha value is -4.69. The Morgan fingerprint density at radius 1 is 0.679 bits per heavy atom. The number of carbonyl (C=O) groups excluding carboxylic acids is 4. The van der Waals surface area contributed by atoms with Gasteiger partial charge in [-0.25, -0.2) is 8.78 Å². The van der Waals surface area contributed by atoms with Crippen molar-refractivity contribution in [3.63, 3.8) is 0 Å². The number of carbonyl (C=O) groups is 4. The van der Waals surface area contributed by atoms with E-state index in [4.69, 9.17) is 5.73 Å². The molecule has 0 fully saturated rings.